The van der Waals surface area contributed by atoms with Gasteiger partial charge in [0.1, 0.15) is 5.76 Å². The van der Waals surface area contributed by atoms with Crippen molar-refractivity contribution < 1.29 is 14.1 Å². The molecule has 0 bridgehead atoms. The zero-order chi connectivity index (χ0) is 17.1. The van der Waals surface area contributed by atoms with E-state index in [-0.39, 0.29) is 17.4 Å². The smallest absolute Gasteiger partial charge is 0.291 e. The van der Waals surface area contributed by atoms with E-state index in [0.29, 0.717) is 17.0 Å². The number of anilines is 1. The second kappa shape index (κ2) is 6.37. The number of hydrogen-bond donors (Lipinski definition) is 1. The number of nitro groups is 1. The lowest BCUT2D eigenvalue weighted by molar-refractivity contribution is -0.384. The summed E-state index contributed by atoms with van der Waals surface area (Å²) in [4.78, 5) is 22.6. The molecule has 0 aliphatic carbocycles. The van der Waals surface area contributed by atoms with Gasteiger partial charge in [0.15, 0.2) is 5.76 Å². The predicted molar refractivity (Wildman–Crippen MR) is 89.9 cm³/mol. The molecule has 6 heteroatoms. The third-order valence-corrected chi connectivity index (χ3v) is 3.48. The standard InChI is InChI=1S/C18H14N2O4/c1-12-5-7-14(8-6-12)19-18(21)17-10-9-16(24-17)13-3-2-4-15(11-13)20(22)23/h2-11H,1H3,(H,19,21). The minimum absolute atomic E-state index is 0.0328. The second-order valence-electron chi connectivity index (χ2n) is 5.29. The van der Waals surface area contributed by atoms with Crippen molar-refractivity contribution >= 4 is 17.3 Å². The first-order valence-corrected chi connectivity index (χ1v) is 7.25. The molecular weight excluding hydrogens is 308 g/mol. The van der Waals surface area contributed by atoms with Gasteiger partial charge in [-0.1, -0.05) is 29.8 Å². The molecule has 3 rings (SSSR count). The Bertz CT molecular complexity index is 897. The molecule has 6 nitrogen and oxygen atoms in total. The highest BCUT2D eigenvalue weighted by Crippen LogP contribution is 2.26. The van der Waals surface area contributed by atoms with E-state index >= 15 is 0 Å². The van der Waals surface area contributed by atoms with Crippen LogP contribution in [0.5, 0.6) is 0 Å². The summed E-state index contributed by atoms with van der Waals surface area (Å²) < 4.78 is 5.53. The topological polar surface area (TPSA) is 85.4 Å². The Morgan fingerprint density at radius 1 is 1.08 bits per heavy atom. The number of nitrogens with zero attached hydrogens (tertiary/aromatic N) is 1. The fraction of sp³-hybridized carbons (Fsp3) is 0.0556. The highest BCUT2D eigenvalue weighted by Gasteiger charge is 2.14. The number of furan rings is 1. The van der Waals surface area contributed by atoms with Crippen LogP contribution < -0.4 is 5.32 Å². The Morgan fingerprint density at radius 3 is 2.54 bits per heavy atom. The van der Waals surface area contributed by atoms with Gasteiger partial charge in [0.05, 0.1) is 4.92 Å². The number of hydrogen-bond acceptors (Lipinski definition) is 4. The Labute approximate surface area is 137 Å². The maximum absolute atomic E-state index is 12.2. The molecule has 3 aromatic rings. The van der Waals surface area contributed by atoms with Crippen LogP contribution in [-0.2, 0) is 0 Å². The molecule has 0 aliphatic heterocycles. The lowest BCUT2D eigenvalue weighted by Gasteiger charge is -2.03. The van der Waals surface area contributed by atoms with Crippen molar-refractivity contribution in [1.29, 1.82) is 0 Å². The number of carbonyl (C=O) groups excluding carboxylic acids is 1. The van der Waals surface area contributed by atoms with E-state index in [4.69, 9.17) is 4.42 Å². The van der Waals surface area contributed by atoms with Gasteiger partial charge in [-0.2, -0.15) is 0 Å². The van der Waals surface area contributed by atoms with Crippen LogP contribution in [0.1, 0.15) is 16.1 Å². The van der Waals surface area contributed by atoms with E-state index in [1.807, 2.05) is 19.1 Å². The summed E-state index contributed by atoms with van der Waals surface area (Å²) in [6.45, 7) is 1.96. The maximum Gasteiger partial charge on any atom is 0.291 e. The quantitative estimate of drug-likeness (QED) is 0.569. The molecule has 0 aliphatic rings. The zero-order valence-corrected chi connectivity index (χ0v) is 12.9. The Morgan fingerprint density at radius 2 is 1.83 bits per heavy atom. The summed E-state index contributed by atoms with van der Waals surface area (Å²) in [5, 5.41) is 13.6. The van der Waals surface area contributed by atoms with Crippen molar-refractivity contribution in [3.8, 4) is 11.3 Å². The summed E-state index contributed by atoms with van der Waals surface area (Å²) in [6.07, 6.45) is 0. The molecule has 0 radical (unpaired) electrons. The number of nitrogens with one attached hydrogen (secondary N) is 1. The van der Waals surface area contributed by atoms with E-state index < -0.39 is 4.92 Å². The van der Waals surface area contributed by atoms with Crippen LogP contribution in [0.4, 0.5) is 11.4 Å². The third kappa shape index (κ3) is 3.33. The summed E-state index contributed by atoms with van der Waals surface area (Å²) >= 11 is 0. The van der Waals surface area contributed by atoms with Crippen LogP contribution in [0.25, 0.3) is 11.3 Å². The van der Waals surface area contributed by atoms with Crippen LogP contribution in [0.2, 0.25) is 0 Å². The van der Waals surface area contributed by atoms with Crippen LogP contribution >= 0.6 is 0 Å². The molecule has 2 aromatic carbocycles. The van der Waals surface area contributed by atoms with Gasteiger partial charge in [-0.3, -0.25) is 14.9 Å². The number of rotatable bonds is 4. The van der Waals surface area contributed by atoms with E-state index in [1.165, 1.54) is 18.2 Å². The van der Waals surface area contributed by atoms with Gasteiger partial charge in [-0.15, -0.1) is 0 Å². The number of nitro benzene ring substituents is 1. The Hall–Kier alpha value is -3.41. The molecule has 0 fully saturated rings. The zero-order valence-electron chi connectivity index (χ0n) is 12.9. The van der Waals surface area contributed by atoms with E-state index in [0.717, 1.165) is 5.56 Å². The molecule has 24 heavy (non-hydrogen) atoms. The van der Waals surface area contributed by atoms with Gasteiger partial charge in [0.25, 0.3) is 11.6 Å². The molecule has 0 spiro atoms. The summed E-state index contributed by atoms with van der Waals surface area (Å²) in [5.41, 5.74) is 2.27. The summed E-state index contributed by atoms with van der Waals surface area (Å²) in [7, 11) is 0. The Balaban J connectivity index is 1.80. The van der Waals surface area contributed by atoms with Crippen molar-refractivity contribution in [2.24, 2.45) is 0 Å². The molecule has 1 aromatic heterocycles. The van der Waals surface area contributed by atoms with Gasteiger partial charge >= 0.3 is 0 Å². The van der Waals surface area contributed by atoms with E-state index in [1.54, 1.807) is 30.3 Å². The number of non-ortho nitro benzene ring substituents is 1. The average Bonchev–Trinajstić information content (AvgIpc) is 3.07. The molecule has 0 unspecified atom stereocenters. The van der Waals surface area contributed by atoms with Gasteiger partial charge in [0.2, 0.25) is 0 Å². The second-order valence-corrected chi connectivity index (χ2v) is 5.29. The van der Waals surface area contributed by atoms with E-state index in [2.05, 4.69) is 5.32 Å². The first kappa shape index (κ1) is 15.5. The summed E-state index contributed by atoms with van der Waals surface area (Å²) in [5.74, 6) is 0.153. The van der Waals surface area contributed by atoms with E-state index in [9.17, 15) is 14.9 Å². The van der Waals surface area contributed by atoms with Crippen molar-refractivity contribution in [1.82, 2.24) is 0 Å². The molecule has 0 saturated carbocycles. The fourth-order valence-corrected chi connectivity index (χ4v) is 2.22. The van der Waals surface area contributed by atoms with Gasteiger partial charge in [0, 0.05) is 23.4 Å². The predicted octanol–water partition coefficient (Wildman–Crippen LogP) is 4.42. The van der Waals surface area contributed by atoms with Gasteiger partial charge in [-0.25, -0.2) is 0 Å². The monoisotopic (exact) mass is 322 g/mol. The summed E-state index contributed by atoms with van der Waals surface area (Å²) in [6, 6.07) is 16.6. The highest BCUT2D eigenvalue weighted by molar-refractivity contribution is 6.02. The van der Waals surface area contributed by atoms with Crippen molar-refractivity contribution in [3.63, 3.8) is 0 Å². The SMILES string of the molecule is Cc1ccc(NC(=O)c2ccc(-c3cccc([N+](=O)[O-])c3)o2)cc1. The minimum atomic E-state index is -0.475. The normalized spacial score (nSPS) is 10.4. The average molecular weight is 322 g/mol. The van der Waals surface area contributed by atoms with Crippen LogP contribution in [0.3, 0.4) is 0 Å². The number of amides is 1. The lowest BCUT2D eigenvalue weighted by Crippen LogP contribution is -2.10. The number of benzene rings is 2. The van der Waals surface area contributed by atoms with Crippen LogP contribution in [0.15, 0.2) is 65.1 Å². The molecule has 1 N–H and O–H groups in total. The van der Waals surface area contributed by atoms with Gasteiger partial charge < -0.3 is 9.73 Å². The molecule has 1 heterocycles. The van der Waals surface area contributed by atoms with Crippen molar-refractivity contribution in [2.45, 2.75) is 6.92 Å². The van der Waals surface area contributed by atoms with Crippen LogP contribution in [0, 0.1) is 17.0 Å². The maximum atomic E-state index is 12.2. The Kier molecular flexibility index (Phi) is 4.11. The lowest BCUT2D eigenvalue weighted by atomic mass is 10.1. The third-order valence-electron chi connectivity index (χ3n) is 3.48. The molecule has 1 amide bonds. The highest BCUT2D eigenvalue weighted by atomic mass is 16.6. The molecular formula is C18H14N2O4. The first-order chi connectivity index (χ1) is 11.5. The number of aryl methyl sites for hydroxylation is 1. The van der Waals surface area contributed by atoms with Gasteiger partial charge in [-0.05, 0) is 31.2 Å². The first-order valence-electron chi connectivity index (χ1n) is 7.25. The fourth-order valence-electron chi connectivity index (χ4n) is 2.22. The number of carbonyl (C=O) groups is 1. The molecule has 0 saturated heterocycles. The van der Waals surface area contributed by atoms with Crippen molar-refractivity contribution in [3.05, 3.63) is 82.1 Å². The largest absolute Gasteiger partial charge is 0.451 e. The van der Waals surface area contributed by atoms with Crippen molar-refractivity contribution in [2.75, 3.05) is 5.32 Å². The molecule has 120 valence electrons. The van der Waals surface area contributed by atoms with Crippen LogP contribution in [-0.4, -0.2) is 10.8 Å². The minimum Gasteiger partial charge on any atom is -0.451 e. The molecule has 0 atom stereocenters.